The third-order valence-electron chi connectivity index (χ3n) is 3.65. The maximum atomic E-state index is 12.6. The van der Waals surface area contributed by atoms with Crippen LogP contribution in [0, 0.1) is 0 Å². The molecule has 2 aromatic rings. The number of fused-ring (bicyclic) bond motifs is 1. The number of anilines is 1. The van der Waals surface area contributed by atoms with Crippen LogP contribution in [0.1, 0.15) is 17.8 Å². The van der Waals surface area contributed by atoms with E-state index < -0.39 is 12.0 Å². The average molecular weight is 357 g/mol. The molecule has 3 rings (SSSR count). The zero-order valence-electron chi connectivity index (χ0n) is 12.5. The van der Waals surface area contributed by atoms with E-state index in [1.165, 1.54) is 0 Å². The Bertz CT molecular complexity index is 761. The van der Waals surface area contributed by atoms with Gasteiger partial charge in [-0.1, -0.05) is 30.0 Å². The van der Waals surface area contributed by atoms with Gasteiger partial charge in [0.15, 0.2) is 0 Å². The van der Waals surface area contributed by atoms with Crippen molar-refractivity contribution >= 4 is 23.4 Å². The number of alkyl halides is 3. The SMILES string of the molecule is Nn1c(SCC(=O)N2CCCc3ccccc32)nnc1C(F)(F)F. The number of para-hydroxylation sites is 1. The number of amides is 1. The first-order valence-corrected chi connectivity index (χ1v) is 8.15. The summed E-state index contributed by atoms with van der Waals surface area (Å²) in [6.07, 6.45) is -2.94. The second-order valence-corrected chi connectivity index (χ2v) is 6.18. The molecule has 0 saturated heterocycles. The van der Waals surface area contributed by atoms with E-state index in [0.717, 1.165) is 35.9 Å². The van der Waals surface area contributed by atoms with Crippen LogP contribution in [0.15, 0.2) is 29.4 Å². The van der Waals surface area contributed by atoms with Crippen molar-refractivity contribution in [1.82, 2.24) is 14.9 Å². The Hall–Kier alpha value is -2.23. The standard InChI is InChI=1S/C14H14F3N5OS/c15-14(16,17)12-19-20-13(22(12)18)24-8-11(23)21-7-3-5-9-4-1-2-6-10(9)21/h1-2,4,6H,3,5,7-8,18H2. The van der Waals surface area contributed by atoms with Crippen molar-refractivity contribution in [1.29, 1.82) is 0 Å². The van der Waals surface area contributed by atoms with Crippen LogP contribution in [0.4, 0.5) is 18.9 Å². The number of carbonyl (C=O) groups is 1. The quantitative estimate of drug-likeness (QED) is 0.672. The van der Waals surface area contributed by atoms with E-state index in [1.807, 2.05) is 24.3 Å². The van der Waals surface area contributed by atoms with Gasteiger partial charge in [-0.3, -0.25) is 4.79 Å². The molecular formula is C14H14F3N5OS. The molecule has 6 nitrogen and oxygen atoms in total. The molecule has 1 aromatic heterocycles. The smallest absolute Gasteiger partial charge is 0.335 e. The zero-order valence-corrected chi connectivity index (χ0v) is 13.3. The van der Waals surface area contributed by atoms with Crippen LogP contribution in [-0.2, 0) is 17.4 Å². The lowest BCUT2D eigenvalue weighted by Gasteiger charge is -2.29. The van der Waals surface area contributed by atoms with Gasteiger partial charge < -0.3 is 10.7 Å². The van der Waals surface area contributed by atoms with Crippen molar-refractivity contribution in [3.63, 3.8) is 0 Å². The van der Waals surface area contributed by atoms with Gasteiger partial charge in [0.25, 0.3) is 5.82 Å². The number of aromatic nitrogens is 3. The normalized spacial score (nSPS) is 14.5. The summed E-state index contributed by atoms with van der Waals surface area (Å²) in [6, 6.07) is 7.60. The zero-order chi connectivity index (χ0) is 17.3. The highest BCUT2D eigenvalue weighted by Gasteiger charge is 2.38. The molecule has 1 aliphatic heterocycles. The predicted molar refractivity (Wildman–Crippen MR) is 83.0 cm³/mol. The maximum Gasteiger partial charge on any atom is 0.453 e. The molecule has 0 unspecified atom stereocenters. The topological polar surface area (TPSA) is 77.0 Å². The largest absolute Gasteiger partial charge is 0.453 e. The number of benzene rings is 1. The first-order valence-electron chi connectivity index (χ1n) is 7.16. The van der Waals surface area contributed by atoms with Gasteiger partial charge in [-0.15, -0.1) is 10.2 Å². The van der Waals surface area contributed by atoms with Gasteiger partial charge in [0, 0.05) is 12.2 Å². The Balaban J connectivity index is 1.70. The van der Waals surface area contributed by atoms with Crippen molar-refractivity contribution in [2.24, 2.45) is 0 Å². The van der Waals surface area contributed by atoms with Gasteiger partial charge in [-0.05, 0) is 24.5 Å². The molecule has 0 atom stereocenters. The third-order valence-corrected chi connectivity index (χ3v) is 4.58. The number of thioether (sulfide) groups is 1. The van der Waals surface area contributed by atoms with Gasteiger partial charge >= 0.3 is 6.18 Å². The molecule has 0 fully saturated rings. The van der Waals surface area contributed by atoms with Crippen molar-refractivity contribution in [3.8, 4) is 0 Å². The van der Waals surface area contributed by atoms with Crippen LogP contribution in [0.5, 0.6) is 0 Å². The van der Waals surface area contributed by atoms with Crippen molar-refractivity contribution in [2.75, 3.05) is 23.0 Å². The number of rotatable bonds is 3. The van der Waals surface area contributed by atoms with Crippen LogP contribution in [0.2, 0.25) is 0 Å². The molecule has 1 aliphatic rings. The highest BCUT2D eigenvalue weighted by atomic mass is 32.2. The van der Waals surface area contributed by atoms with Crippen LogP contribution >= 0.6 is 11.8 Å². The van der Waals surface area contributed by atoms with E-state index in [0.29, 0.717) is 11.2 Å². The number of hydrogen-bond acceptors (Lipinski definition) is 5. The van der Waals surface area contributed by atoms with E-state index in [-0.39, 0.29) is 16.8 Å². The summed E-state index contributed by atoms with van der Waals surface area (Å²) in [5.41, 5.74) is 1.93. The summed E-state index contributed by atoms with van der Waals surface area (Å²) in [7, 11) is 0. The molecule has 2 N–H and O–H groups in total. The van der Waals surface area contributed by atoms with E-state index in [4.69, 9.17) is 5.84 Å². The number of hydrogen-bond donors (Lipinski definition) is 1. The lowest BCUT2D eigenvalue weighted by Crippen LogP contribution is -2.36. The molecular weight excluding hydrogens is 343 g/mol. The molecule has 1 aromatic carbocycles. The third kappa shape index (κ3) is 3.18. The Kier molecular flexibility index (Phi) is 4.39. The summed E-state index contributed by atoms with van der Waals surface area (Å²) in [5, 5.41) is 6.28. The van der Waals surface area contributed by atoms with Crippen molar-refractivity contribution < 1.29 is 18.0 Å². The summed E-state index contributed by atoms with van der Waals surface area (Å²) >= 11 is 0.834. The first kappa shape index (κ1) is 16.6. The predicted octanol–water partition coefficient (Wildman–Crippen LogP) is 2.08. The Labute approximate surface area is 139 Å². The fraction of sp³-hybridized carbons (Fsp3) is 0.357. The fourth-order valence-electron chi connectivity index (χ4n) is 2.57. The molecule has 0 aliphatic carbocycles. The molecule has 2 heterocycles. The molecule has 0 saturated carbocycles. The van der Waals surface area contributed by atoms with Crippen LogP contribution in [-0.4, -0.2) is 33.1 Å². The van der Waals surface area contributed by atoms with Crippen molar-refractivity contribution in [3.05, 3.63) is 35.7 Å². The highest BCUT2D eigenvalue weighted by molar-refractivity contribution is 7.99. The van der Waals surface area contributed by atoms with Gasteiger partial charge in [-0.2, -0.15) is 13.2 Å². The molecule has 0 spiro atoms. The second kappa shape index (κ2) is 6.34. The van der Waals surface area contributed by atoms with Crippen molar-refractivity contribution in [2.45, 2.75) is 24.2 Å². The molecule has 10 heteroatoms. The molecule has 1 amide bonds. The maximum absolute atomic E-state index is 12.6. The van der Waals surface area contributed by atoms with Crippen LogP contribution in [0.3, 0.4) is 0 Å². The van der Waals surface area contributed by atoms with Gasteiger partial charge in [0.2, 0.25) is 11.1 Å². The monoisotopic (exact) mass is 357 g/mol. The lowest BCUT2D eigenvalue weighted by molar-refractivity contribution is -0.146. The minimum absolute atomic E-state index is 0.0679. The molecule has 24 heavy (non-hydrogen) atoms. The number of halogens is 3. The molecule has 0 radical (unpaired) electrons. The average Bonchev–Trinajstić information content (AvgIpc) is 2.93. The Morgan fingerprint density at radius 2 is 2.04 bits per heavy atom. The summed E-state index contributed by atoms with van der Waals surface area (Å²) in [6.45, 7) is 0.583. The second-order valence-electron chi connectivity index (χ2n) is 5.24. The summed E-state index contributed by atoms with van der Waals surface area (Å²) in [4.78, 5) is 14.1. The number of nitrogens with zero attached hydrogens (tertiary/aromatic N) is 4. The van der Waals surface area contributed by atoms with Gasteiger partial charge in [-0.25, -0.2) is 4.68 Å². The van der Waals surface area contributed by atoms with Crippen LogP contribution in [0.25, 0.3) is 0 Å². The molecule has 128 valence electrons. The number of aryl methyl sites for hydroxylation is 1. The van der Waals surface area contributed by atoms with E-state index in [2.05, 4.69) is 10.2 Å². The highest BCUT2D eigenvalue weighted by Crippen LogP contribution is 2.30. The summed E-state index contributed by atoms with van der Waals surface area (Å²) < 4.78 is 38.3. The van der Waals surface area contributed by atoms with Gasteiger partial charge in [0.1, 0.15) is 0 Å². The Morgan fingerprint density at radius 3 is 2.75 bits per heavy atom. The van der Waals surface area contributed by atoms with E-state index >= 15 is 0 Å². The van der Waals surface area contributed by atoms with Crippen LogP contribution < -0.4 is 10.7 Å². The van der Waals surface area contributed by atoms with Gasteiger partial charge in [0.05, 0.1) is 5.75 Å². The number of nitrogens with two attached hydrogens (primary N) is 1. The number of nitrogen functional groups attached to an aromatic ring is 1. The number of carbonyl (C=O) groups excluding carboxylic acids is 1. The first-order chi connectivity index (χ1) is 11.4. The minimum atomic E-state index is -4.68. The minimum Gasteiger partial charge on any atom is -0.335 e. The fourth-order valence-corrected chi connectivity index (χ4v) is 3.30. The Morgan fingerprint density at radius 1 is 1.29 bits per heavy atom. The summed E-state index contributed by atoms with van der Waals surface area (Å²) in [5.74, 6) is 3.79. The molecule has 0 bridgehead atoms. The lowest BCUT2D eigenvalue weighted by atomic mass is 10.0. The van der Waals surface area contributed by atoms with E-state index in [9.17, 15) is 18.0 Å². The van der Waals surface area contributed by atoms with E-state index in [1.54, 1.807) is 4.90 Å².